The predicted molar refractivity (Wildman–Crippen MR) is 246 cm³/mol. The minimum Gasteiger partial charge on any atom is -0.310 e. The molecule has 0 radical (unpaired) electrons. The number of anilines is 2. The van der Waals surface area contributed by atoms with Gasteiger partial charge in [0.15, 0.2) is 0 Å². The minimum absolute atomic E-state index is 0.395. The van der Waals surface area contributed by atoms with E-state index in [1.165, 1.54) is 66.4 Å². The second-order valence-corrected chi connectivity index (χ2v) is 15.6. The van der Waals surface area contributed by atoms with Gasteiger partial charge in [-0.2, -0.15) is 0 Å². The Hall–Kier alpha value is -6.44. The lowest BCUT2D eigenvalue weighted by atomic mass is 9.85. The topological polar surface area (TPSA) is 3.24 Å². The van der Waals surface area contributed by atoms with Crippen molar-refractivity contribution in [3.8, 4) is 11.1 Å². The van der Waals surface area contributed by atoms with Crippen LogP contribution in [-0.4, -0.2) is 0 Å². The fourth-order valence-electron chi connectivity index (χ4n) is 8.83. The van der Waals surface area contributed by atoms with Crippen molar-refractivity contribution in [3.63, 3.8) is 0 Å². The van der Waals surface area contributed by atoms with Crippen molar-refractivity contribution in [2.24, 2.45) is 5.92 Å². The molecule has 0 amide bonds. The molecule has 0 fully saturated rings. The first-order valence-electron chi connectivity index (χ1n) is 20.6. The van der Waals surface area contributed by atoms with Gasteiger partial charge in [-0.15, -0.1) is 0 Å². The number of nitrogens with zero attached hydrogens (tertiary/aromatic N) is 1. The van der Waals surface area contributed by atoms with E-state index in [9.17, 15) is 0 Å². The Morgan fingerprint density at radius 3 is 2.18 bits per heavy atom. The van der Waals surface area contributed by atoms with E-state index in [1.54, 1.807) is 0 Å². The molecular weight excluding hydrogens is 687 g/mol. The summed E-state index contributed by atoms with van der Waals surface area (Å²) in [6.07, 6.45) is 28.4. The van der Waals surface area contributed by atoms with Crippen LogP contribution in [0.1, 0.15) is 66.0 Å². The number of aryl methyl sites for hydroxylation is 2. The Kier molecular flexibility index (Phi) is 10.4. The molecule has 0 heterocycles. The number of rotatable bonds is 7. The number of fused-ring (bicyclic) bond motifs is 3. The molecule has 0 saturated carbocycles. The van der Waals surface area contributed by atoms with Crippen LogP contribution in [0.5, 0.6) is 0 Å². The molecule has 278 valence electrons. The smallest absolute Gasteiger partial charge is 0.0542 e. The largest absolute Gasteiger partial charge is 0.310 e. The zero-order valence-electron chi connectivity index (χ0n) is 33.0. The molecular formula is C56H49N. The van der Waals surface area contributed by atoms with E-state index in [1.807, 2.05) is 0 Å². The second-order valence-electron chi connectivity index (χ2n) is 15.6. The molecule has 0 aliphatic heterocycles. The lowest BCUT2D eigenvalue weighted by Gasteiger charge is -2.30. The number of hydrogen-bond donors (Lipinski definition) is 0. The summed E-state index contributed by atoms with van der Waals surface area (Å²) in [4.78, 5) is 2.45. The summed E-state index contributed by atoms with van der Waals surface area (Å²) in [5.41, 5.74) is 17.8. The van der Waals surface area contributed by atoms with Gasteiger partial charge >= 0.3 is 0 Å². The average molecular weight is 736 g/mol. The van der Waals surface area contributed by atoms with Crippen molar-refractivity contribution in [3.05, 3.63) is 227 Å². The molecule has 0 N–H and O–H groups in total. The summed E-state index contributed by atoms with van der Waals surface area (Å²) in [6, 6.07) is 49.3. The van der Waals surface area contributed by atoms with Crippen molar-refractivity contribution < 1.29 is 0 Å². The highest BCUT2D eigenvalue weighted by atomic mass is 15.1. The highest BCUT2D eigenvalue weighted by Gasteiger charge is 2.22. The maximum atomic E-state index is 2.46. The van der Waals surface area contributed by atoms with E-state index in [4.69, 9.17) is 0 Å². The van der Waals surface area contributed by atoms with E-state index in [-0.39, 0.29) is 0 Å². The third kappa shape index (κ3) is 7.59. The van der Waals surface area contributed by atoms with E-state index < -0.39 is 0 Å². The van der Waals surface area contributed by atoms with Gasteiger partial charge in [0.05, 0.1) is 5.70 Å². The Balaban J connectivity index is 1.20. The van der Waals surface area contributed by atoms with Crippen molar-refractivity contribution in [2.75, 3.05) is 4.90 Å². The average Bonchev–Trinajstić information content (AvgIpc) is 3.25. The first-order valence-corrected chi connectivity index (χ1v) is 20.6. The maximum absolute atomic E-state index is 2.46. The Bertz CT molecular complexity index is 2640. The normalized spacial score (nSPS) is 19.9. The molecule has 3 aliphatic rings. The minimum atomic E-state index is 0.395. The first-order chi connectivity index (χ1) is 28.1. The van der Waals surface area contributed by atoms with Crippen LogP contribution in [-0.2, 0) is 6.42 Å². The highest BCUT2D eigenvalue weighted by Crippen LogP contribution is 2.42. The second kappa shape index (κ2) is 16.3. The van der Waals surface area contributed by atoms with E-state index >= 15 is 0 Å². The number of allylic oxidation sites excluding steroid dienone is 11. The Labute approximate surface area is 338 Å². The van der Waals surface area contributed by atoms with Crippen LogP contribution in [0.4, 0.5) is 11.4 Å². The fraction of sp³-hybridized carbons (Fsp3) is 0.143. The lowest BCUT2D eigenvalue weighted by Crippen LogP contribution is -2.16. The van der Waals surface area contributed by atoms with E-state index in [2.05, 4.69) is 213 Å². The Morgan fingerprint density at radius 2 is 1.37 bits per heavy atom. The van der Waals surface area contributed by atoms with Gasteiger partial charge in [0.1, 0.15) is 0 Å². The van der Waals surface area contributed by atoms with Crippen LogP contribution < -0.4 is 4.90 Å². The SMILES string of the molecule is Cc1ccccc1/C(=C\c1ccccc1)N(c1ccc(/C2=C3\C=CCC\C3=C\C(C)/C=C\C=C/C2)cc1)c1ccc(-c2c3c(cc4ccccc24)CCC=C3)cc1. The quantitative estimate of drug-likeness (QED) is 0.148. The Morgan fingerprint density at radius 1 is 0.667 bits per heavy atom. The highest BCUT2D eigenvalue weighted by molar-refractivity contribution is 6.03. The molecule has 0 spiro atoms. The molecule has 0 saturated heterocycles. The van der Waals surface area contributed by atoms with Gasteiger partial charge in [0.25, 0.3) is 0 Å². The molecule has 0 bridgehead atoms. The van der Waals surface area contributed by atoms with Gasteiger partial charge < -0.3 is 4.90 Å². The van der Waals surface area contributed by atoms with Crippen LogP contribution >= 0.6 is 0 Å². The summed E-state index contributed by atoms with van der Waals surface area (Å²) < 4.78 is 0. The number of benzene rings is 6. The molecule has 9 rings (SSSR count). The predicted octanol–water partition coefficient (Wildman–Crippen LogP) is 15.3. The van der Waals surface area contributed by atoms with Crippen LogP contribution in [0.25, 0.3) is 45.3 Å². The van der Waals surface area contributed by atoms with Gasteiger partial charge in [-0.1, -0.05) is 171 Å². The van der Waals surface area contributed by atoms with Crippen molar-refractivity contribution in [2.45, 2.75) is 46.0 Å². The lowest BCUT2D eigenvalue weighted by molar-refractivity contribution is 0.885. The summed E-state index contributed by atoms with van der Waals surface area (Å²) in [5, 5.41) is 2.61. The molecule has 6 aromatic rings. The summed E-state index contributed by atoms with van der Waals surface area (Å²) in [7, 11) is 0. The van der Waals surface area contributed by atoms with Gasteiger partial charge in [0.2, 0.25) is 0 Å². The molecule has 1 heteroatoms. The molecule has 57 heavy (non-hydrogen) atoms. The van der Waals surface area contributed by atoms with Crippen molar-refractivity contribution in [1.29, 1.82) is 0 Å². The third-order valence-corrected chi connectivity index (χ3v) is 11.7. The zero-order chi connectivity index (χ0) is 38.6. The van der Waals surface area contributed by atoms with Gasteiger partial charge in [-0.25, -0.2) is 0 Å². The van der Waals surface area contributed by atoms with E-state index in [0.29, 0.717) is 5.92 Å². The summed E-state index contributed by atoms with van der Waals surface area (Å²) >= 11 is 0. The monoisotopic (exact) mass is 735 g/mol. The molecule has 6 aromatic carbocycles. The summed E-state index contributed by atoms with van der Waals surface area (Å²) in [6.45, 7) is 4.50. The molecule has 0 aromatic heterocycles. The van der Waals surface area contributed by atoms with Gasteiger partial charge in [0, 0.05) is 16.9 Å². The van der Waals surface area contributed by atoms with Gasteiger partial charge in [-0.05, 0) is 142 Å². The molecule has 1 atom stereocenters. The van der Waals surface area contributed by atoms with Crippen molar-refractivity contribution >= 4 is 45.6 Å². The molecule has 1 nitrogen and oxygen atoms in total. The van der Waals surface area contributed by atoms with Crippen LogP contribution in [0.3, 0.4) is 0 Å². The third-order valence-electron chi connectivity index (χ3n) is 11.7. The van der Waals surface area contributed by atoms with Crippen LogP contribution in [0, 0.1) is 12.8 Å². The van der Waals surface area contributed by atoms with Crippen LogP contribution in [0.2, 0.25) is 0 Å². The fourth-order valence-corrected chi connectivity index (χ4v) is 8.83. The van der Waals surface area contributed by atoms with Crippen molar-refractivity contribution in [1.82, 2.24) is 0 Å². The van der Waals surface area contributed by atoms with Gasteiger partial charge in [-0.3, -0.25) is 0 Å². The number of hydrogen-bond acceptors (Lipinski definition) is 1. The zero-order valence-corrected chi connectivity index (χ0v) is 33.0. The first kappa shape index (κ1) is 36.2. The molecule has 3 aliphatic carbocycles. The molecule has 1 unspecified atom stereocenters. The van der Waals surface area contributed by atoms with E-state index in [0.717, 1.165) is 54.7 Å². The van der Waals surface area contributed by atoms with Crippen LogP contribution in [0.15, 0.2) is 193 Å². The standard InChI is InChI=1S/C56H49N/c1-40-17-5-3-8-25-51(52-26-14-10-21-45(52)37-40)43-29-33-48(34-30-43)57(55(38-42-19-6-4-7-20-42)50-24-13-9-18-41(50)2)49-35-31-44(32-36-49)56-53-27-15-11-22-46(53)39-47-23-12-16-28-54(47)56/h3-9,11,13-20,22,24,26-40H,10,12,21,23,25H2,1-2H3/b8-3-,17-5-,45-37-,52-51+,55-38+. The maximum Gasteiger partial charge on any atom is 0.0542 e. The summed E-state index contributed by atoms with van der Waals surface area (Å²) in [5.74, 6) is 0.395.